The maximum absolute atomic E-state index is 12.9. The van der Waals surface area contributed by atoms with Gasteiger partial charge < -0.3 is 19.9 Å². The van der Waals surface area contributed by atoms with Crippen molar-refractivity contribution in [2.45, 2.75) is 52.4 Å². The van der Waals surface area contributed by atoms with Crippen LogP contribution < -0.4 is 14.8 Å². The molecule has 0 aliphatic heterocycles. The fraction of sp³-hybridized carbons (Fsp3) is 0.455. The van der Waals surface area contributed by atoms with E-state index in [4.69, 9.17) is 9.47 Å². The number of benzene rings is 1. The third-order valence-electron chi connectivity index (χ3n) is 4.47. The lowest BCUT2D eigenvalue weighted by Gasteiger charge is -2.28. The summed E-state index contributed by atoms with van der Waals surface area (Å²) in [5.41, 5.74) is 1.88. The van der Waals surface area contributed by atoms with Crippen molar-refractivity contribution in [3.8, 4) is 17.5 Å². The van der Waals surface area contributed by atoms with E-state index < -0.39 is 0 Å². The fourth-order valence-corrected chi connectivity index (χ4v) is 2.91. The standard InChI is InChI=1S/C22H30N2O4/c1-21(2,3)15-11-13(12-16(18(15)25)22(4,5)6)23-19(26)14-9-10-17(27-7)24-20(14)28-8/h9-12,25H,1-8H3,(H,23,26). The van der Waals surface area contributed by atoms with Crippen molar-refractivity contribution in [1.29, 1.82) is 0 Å². The van der Waals surface area contributed by atoms with Gasteiger partial charge in [0.2, 0.25) is 11.8 Å². The van der Waals surface area contributed by atoms with Gasteiger partial charge in [-0.1, -0.05) is 41.5 Å². The van der Waals surface area contributed by atoms with Crippen LogP contribution in [0.4, 0.5) is 5.69 Å². The molecule has 0 aliphatic carbocycles. The Morgan fingerprint density at radius 3 is 1.93 bits per heavy atom. The summed E-state index contributed by atoms with van der Waals surface area (Å²) in [6.45, 7) is 12.1. The van der Waals surface area contributed by atoms with Crippen LogP contribution in [0.25, 0.3) is 0 Å². The molecule has 6 nitrogen and oxygen atoms in total. The average Bonchev–Trinajstić information content (AvgIpc) is 2.60. The van der Waals surface area contributed by atoms with Gasteiger partial charge in [0.15, 0.2) is 0 Å². The smallest absolute Gasteiger partial charge is 0.261 e. The van der Waals surface area contributed by atoms with Crippen LogP contribution in [0.3, 0.4) is 0 Å². The van der Waals surface area contributed by atoms with E-state index in [1.807, 2.05) is 53.7 Å². The molecule has 0 saturated carbocycles. The van der Waals surface area contributed by atoms with Crippen LogP contribution in [-0.4, -0.2) is 30.2 Å². The number of hydrogen-bond donors (Lipinski definition) is 2. The van der Waals surface area contributed by atoms with E-state index in [1.54, 1.807) is 12.1 Å². The van der Waals surface area contributed by atoms with E-state index in [0.717, 1.165) is 11.1 Å². The van der Waals surface area contributed by atoms with E-state index >= 15 is 0 Å². The van der Waals surface area contributed by atoms with E-state index in [1.165, 1.54) is 14.2 Å². The van der Waals surface area contributed by atoms with Crippen LogP contribution in [0.2, 0.25) is 0 Å². The Balaban J connectivity index is 2.50. The molecular formula is C22H30N2O4. The molecule has 0 radical (unpaired) electrons. The van der Waals surface area contributed by atoms with Crippen LogP contribution in [-0.2, 0) is 10.8 Å². The molecule has 28 heavy (non-hydrogen) atoms. The largest absolute Gasteiger partial charge is 0.507 e. The van der Waals surface area contributed by atoms with Crippen molar-refractivity contribution < 1.29 is 19.4 Å². The maximum Gasteiger partial charge on any atom is 0.261 e. The van der Waals surface area contributed by atoms with Gasteiger partial charge in [0.1, 0.15) is 11.3 Å². The summed E-state index contributed by atoms with van der Waals surface area (Å²) in [4.78, 5) is 17.0. The lowest BCUT2D eigenvalue weighted by molar-refractivity contribution is 0.102. The number of pyridine rings is 1. The second-order valence-electron chi connectivity index (χ2n) is 8.78. The minimum atomic E-state index is -0.350. The van der Waals surface area contributed by atoms with Crippen LogP contribution in [0.5, 0.6) is 17.5 Å². The zero-order valence-electron chi connectivity index (χ0n) is 17.9. The highest BCUT2D eigenvalue weighted by molar-refractivity contribution is 6.06. The molecule has 152 valence electrons. The number of aromatic nitrogens is 1. The lowest BCUT2D eigenvalue weighted by atomic mass is 9.79. The fourth-order valence-electron chi connectivity index (χ4n) is 2.91. The molecule has 1 heterocycles. The van der Waals surface area contributed by atoms with Crippen molar-refractivity contribution in [2.24, 2.45) is 0 Å². The predicted molar refractivity (Wildman–Crippen MR) is 111 cm³/mol. The summed E-state index contributed by atoms with van der Waals surface area (Å²) in [6.07, 6.45) is 0. The van der Waals surface area contributed by atoms with Crippen molar-refractivity contribution in [3.05, 3.63) is 41.0 Å². The van der Waals surface area contributed by atoms with E-state index in [-0.39, 0.29) is 28.4 Å². The number of amides is 1. The first-order valence-corrected chi connectivity index (χ1v) is 9.17. The van der Waals surface area contributed by atoms with Crippen molar-refractivity contribution in [2.75, 3.05) is 19.5 Å². The van der Waals surface area contributed by atoms with Crippen molar-refractivity contribution >= 4 is 11.6 Å². The van der Waals surface area contributed by atoms with Crippen molar-refractivity contribution in [3.63, 3.8) is 0 Å². The molecular weight excluding hydrogens is 356 g/mol. The first-order valence-electron chi connectivity index (χ1n) is 9.17. The molecule has 0 fully saturated rings. The van der Waals surface area contributed by atoms with Gasteiger partial charge in [0, 0.05) is 22.9 Å². The van der Waals surface area contributed by atoms with Gasteiger partial charge in [0.25, 0.3) is 5.91 Å². The summed E-state index contributed by atoms with van der Waals surface area (Å²) in [5, 5.41) is 13.7. The molecule has 2 aromatic rings. The molecule has 6 heteroatoms. The number of ether oxygens (including phenoxy) is 2. The second kappa shape index (κ2) is 7.70. The van der Waals surface area contributed by atoms with Crippen LogP contribution in [0.15, 0.2) is 24.3 Å². The molecule has 0 atom stereocenters. The average molecular weight is 386 g/mol. The molecule has 0 saturated heterocycles. The molecule has 0 unspecified atom stereocenters. The quantitative estimate of drug-likeness (QED) is 0.748. The zero-order valence-corrected chi connectivity index (χ0v) is 17.9. The first kappa shape index (κ1) is 21.5. The molecule has 0 aliphatic rings. The van der Waals surface area contributed by atoms with Crippen LogP contribution in [0.1, 0.15) is 63.0 Å². The Hall–Kier alpha value is -2.76. The molecule has 0 spiro atoms. The monoisotopic (exact) mass is 386 g/mol. The topological polar surface area (TPSA) is 80.7 Å². The minimum Gasteiger partial charge on any atom is -0.507 e. The summed E-state index contributed by atoms with van der Waals surface area (Å²) in [5.74, 6) is 0.463. The number of rotatable bonds is 4. The number of methoxy groups -OCH3 is 2. The first-order chi connectivity index (χ1) is 12.9. The number of nitrogens with one attached hydrogen (secondary N) is 1. The van der Waals surface area contributed by atoms with Gasteiger partial charge in [-0.15, -0.1) is 0 Å². The molecule has 2 N–H and O–H groups in total. The van der Waals surface area contributed by atoms with Gasteiger partial charge in [-0.3, -0.25) is 4.79 Å². The lowest BCUT2D eigenvalue weighted by Crippen LogP contribution is -2.20. The molecule has 1 aromatic heterocycles. The SMILES string of the molecule is COc1ccc(C(=O)Nc2cc(C(C)(C)C)c(O)c(C(C)(C)C)c2)c(OC)n1. The van der Waals surface area contributed by atoms with E-state index in [9.17, 15) is 9.90 Å². The minimum absolute atomic E-state index is 0.183. The number of aromatic hydroxyl groups is 1. The molecule has 1 aromatic carbocycles. The normalized spacial score (nSPS) is 11.9. The van der Waals surface area contributed by atoms with E-state index in [2.05, 4.69) is 10.3 Å². The summed E-state index contributed by atoms with van der Waals surface area (Å²) >= 11 is 0. The van der Waals surface area contributed by atoms with Gasteiger partial charge in [-0.2, -0.15) is 4.98 Å². The highest BCUT2D eigenvalue weighted by Gasteiger charge is 2.27. The summed E-state index contributed by atoms with van der Waals surface area (Å²) < 4.78 is 10.3. The Morgan fingerprint density at radius 1 is 0.964 bits per heavy atom. The van der Waals surface area contributed by atoms with E-state index in [0.29, 0.717) is 17.1 Å². The van der Waals surface area contributed by atoms with Gasteiger partial charge in [-0.05, 0) is 29.0 Å². The third kappa shape index (κ3) is 4.55. The maximum atomic E-state index is 12.9. The number of anilines is 1. The number of carbonyl (C=O) groups excluding carboxylic acids is 1. The summed E-state index contributed by atoms with van der Waals surface area (Å²) in [6, 6.07) is 6.84. The molecule has 0 bridgehead atoms. The molecule has 1 amide bonds. The number of phenolic OH excluding ortho intramolecular Hbond substituents is 1. The highest BCUT2D eigenvalue weighted by atomic mass is 16.5. The van der Waals surface area contributed by atoms with Gasteiger partial charge >= 0.3 is 0 Å². The van der Waals surface area contributed by atoms with Gasteiger partial charge in [0.05, 0.1) is 14.2 Å². The number of nitrogens with zero attached hydrogens (tertiary/aromatic N) is 1. The van der Waals surface area contributed by atoms with Crippen LogP contribution in [0, 0.1) is 0 Å². The third-order valence-corrected chi connectivity index (χ3v) is 4.47. The van der Waals surface area contributed by atoms with Crippen molar-refractivity contribution in [1.82, 2.24) is 4.98 Å². The predicted octanol–water partition coefficient (Wildman–Crippen LogP) is 4.65. The Labute approximate surface area is 166 Å². The zero-order chi connectivity index (χ0) is 21.3. The highest BCUT2D eigenvalue weighted by Crippen LogP contribution is 2.41. The number of carbonyl (C=O) groups is 1. The second-order valence-corrected chi connectivity index (χ2v) is 8.78. The Morgan fingerprint density at radius 2 is 1.50 bits per heavy atom. The number of phenols is 1. The number of hydrogen-bond acceptors (Lipinski definition) is 5. The van der Waals surface area contributed by atoms with Crippen LogP contribution >= 0.6 is 0 Å². The Bertz CT molecular complexity index is 842. The molecule has 2 rings (SSSR count). The van der Waals surface area contributed by atoms with Gasteiger partial charge in [-0.25, -0.2) is 0 Å². The Kier molecular flexibility index (Phi) is 5.92. The summed E-state index contributed by atoms with van der Waals surface area (Å²) in [7, 11) is 2.95.